The Morgan fingerprint density at radius 1 is 1.17 bits per heavy atom. The Morgan fingerprint density at radius 2 is 2.00 bits per heavy atom. The first kappa shape index (κ1) is 20.2. The fraction of sp³-hybridized carbons (Fsp3) is 0.286. The van der Waals surface area contributed by atoms with Gasteiger partial charge in [0.1, 0.15) is 22.3 Å². The first-order valence-electron chi connectivity index (χ1n) is 9.66. The maximum Gasteiger partial charge on any atom is 0.247 e. The number of methoxy groups -OCH3 is 1. The summed E-state index contributed by atoms with van der Waals surface area (Å²) in [6.45, 7) is 2.37. The van der Waals surface area contributed by atoms with E-state index in [0.29, 0.717) is 36.0 Å². The molecule has 1 aliphatic heterocycles. The lowest BCUT2D eigenvalue weighted by atomic mass is 10.2. The van der Waals surface area contributed by atoms with Crippen molar-refractivity contribution in [3.05, 3.63) is 66.2 Å². The third kappa shape index (κ3) is 3.86. The van der Waals surface area contributed by atoms with E-state index in [9.17, 15) is 8.42 Å². The number of benzene rings is 1. The summed E-state index contributed by atoms with van der Waals surface area (Å²) < 4.78 is 33.6. The molecule has 2 aromatic heterocycles. The monoisotopic (exact) mass is 425 g/mol. The van der Waals surface area contributed by atoms with Crippen LogP contribution >= 0.6 is 0 Å². The molecule has 4 rings (SSSR count). The minimum Gasteiger partial charge on any atom is -0.495 e. The van der Waals surface area contributed by atoms with Gasteiger partial charge in [-0.05, 0) is 43.5 Å². The molecule has 9 heteroatoms. The second-order valence-corrected chi connectivity index (χ2v) is 8.91. The fourth-order valence-corrected chi connectivity index (χ4v) is 5.45. The van der Waals surface area contributed by atoms with Crippen molar-refractivity contribution in [2.24, 2.45) is 0 Å². The quantitative estimate of drug-likeness (QED) is 0.646. The van der Waals surface area contributed by atoms with Gasteiger partial charge in [-0.25, -0.2) is 18.4 Å². The number of pyridine rings is 1. The molecular weight excluding hydrogens is 402 g/mol. The van der Waals surface area contributed by atoms with Gasteiger partial charge in [-0.15, -0.1) is 0 Å². The normalized spacial score (nSPS) is 17.1. The van der Waals surface area contributed by atoms with Crippen molar-refractivity contribution >= 4 is 21.7 Å². The van der Waals surface area contributed by atoms with E-state index in [1.54, 1.807) is 42.9 Å². The number of nitrogens with one attached hydrogen (secondary N) is 1. The van der Waals surface area contributed by atoms with Crippen LogP contribution in [0.4, 0.5) is 11.6 Å². The van der Waals surface area contributed by atoms with Crippen LogP contribution < -0.4 is 10.1 Å². The zero-order valence-electron chi connectivity index (χ0n) is 16.8. The molecule has 1 unspecified atom stereocenters. The molecule has 3 heterocycles. The smallest absolute Gasteiger partial charge is 0.247 e. The van der Waals surface area contributed by atoms with Crippen molar-refractivity contribution in [2.45, 2.75) is 30.7 Å². The van der Waals surface area contributed by atoms with Crippen LogP contribution in [0.3, 0.4) is 0 Å². The van der Waals surface area contributed by atoms with E-state index in [2.05, 4.69) is 20.3 Å². The van der Waals surface area contributed by atoms with E-state index < -0.39 is 10.0 Å². The Morgan fingerprint density at radius 3 is 2.80 bits per heavy atom. The lowest BCUT2D eigenvalue weighted by Gasteiger charge is -2.24. The van der Waals surface area contributed by atoms with Crippen LogP contribution in [0.1, 0.15) is 30.1 Å². The molecule has 1 fully saturated rings. The number of sulfonamides is 1. The van der Waals surface area contributed by atoms with Gasteiger partial charge in [-0.1, -0.05) is 18.2 Å². The molecular formula is C21H23N5O3S. The average molecular weight is 426 g/mol. The first-order valence-corrected chi connectivity index (χ1v) is 11.1. The summed E-state index contributed by atoms with van der Waals surface area (Å²) >= 11 is 0. The van der Waals surface area contributed by atoms with Crippen molar-refractivity contribution in [1.29, 1.82) is 0 Å². The Labute approximate surface area is 176 Å². The summed E-state index contributed by atoms with van der Waals surface area (Å²) in [6.07, 6.45) is 6.35. The number of nitrogens with zero attached hydrogens (tertiary/aromatic N) is 4. The van der Waals surface area contributed by atoms with Crippen LogP contribution in [-0.2, 0) is 10.0 Å². The van der Waals surface area contributed by atoms with Crippen molar-refractivity contribution in [3.8, 4) is 5.75 Å². The molecule has 0 radical (unpaired) electrons. The second-order valence-electron chi connectivity index (χ2n) is 7.05. The van der Waals surface area contributed by atoms with Crippen LogP contribution in [-0.4, -0.2) is 41.3 Å². The molecule has 1 atom stereocenters. The van der Waals surface area contributed by atoms with Crippen LogP contribution in [0.5, 0.6) is 5.75 Å². The van der Waals surface area contributed by atoms with Crippen molar-refractivity contribution in [2.75, 3.05) is 19.0 Å². The second kappa shape index (κ2) is 8.37. The number of anilines is 2. The van der Waals surface area contributed by atoms with Crippen molar-refractivity contribution < 1.29 is 13.2 Å². The van der Waals surface area contributed by atoms with Crippen LogP contribution in [0.25, 0.3) is 0 Å². The van der Waals surface area contributed by atoms with Gasteiger partial charge in [0.15, 0.2) is 0 Å². The van der Waals surface area contributed by atoms with E-state index >= 15 is 0 Å². The summed E-state index contributed by atoms with van der Waals surface area (Å²) in [6, 6.07) is 10.1. The standard InChI is InChI=1S/C21H23N5O3S/c1-15-7-5-11-23-21(15)25-20-14-22-13-16(24-20)17-8-6-12-26(17)30(27,28)19-10-4-3-9-18(19)29-2/h3-5,7,9-11,13-14,17H,6,8,12H2,1-2H3,(H,23,24,25). The highest BCUT2D eigenvalue weighted by molar-refractivity contribution is 7.89. The fourth-order valence-electron chi connectivity index (χ4n) is 3.62. The van der Waals surface area contributed by atoms with E-state index in [-0.39, 0.29) is 10.9 Å². The topological polar surface area (TPSA) is 97.3 Å². The Bertz CT molecular complexity index is 1150. The maximum absolute atomic E-state index is 13.4. The molecule has 0 aliphatic carbocycles. The Hall–Kier alpha value is -3.04. The number of aryl methyl sites for hydroxylation is 1. The highest BCUT2D eigenvalue weighted by Crippen LogP contribution is 2.38. The maximum atomic E-state index is 13.4. The summed E-state index contributed by atoms with van der Waals surface area (Å²) in [7, 11) is -2.28. The number of para-hydroxylation sites is 1. The molecule has 1 N–H and O–H groups in total. The number of hydrogen-bond donors (Lipinski definition) is 1. The highest BCUT2D eigenvalue weighted by atomic mass is 32.2. The van der Waals surface area contributed by atoms with Crippen molar-refractivity contribution in [1.82, 2.24) is 19.3 Å². The predicted molar refractivity (Wildman–Crippen MR) is 113 cm³/mol. The third-order valence-corrected chi connectivity index (χ3v) is 7.06. The molecule has 0 bridgehead atoms. The molecule has 156 valence electrons. The third-order valence-electron chi connectivity index (χ3n) is 5.11. The molecule has 1 saturated heterocycles. The van der Waals surface area contributed by atoms with Gasteiger partial charge in [0.25, 0.3) is 0 Å². The molecule has 1 aliphatic rings. The molecule has 3 aromatic rings. The van der Waals surface area contributed by atoms with Crippen LogP contribution in [0.15, 0.2) is 59.9 Å². The Kier molecular flexibility index (Phi) is 5.65. The van der Waals surface area contributed by atoms with Gasteiger partial charge in [0.05, 0.1) is 31.2 Å². The molecule has 30 heavy (non-hydrogen) atoms. The number of aromatic nitrogens is 3. The van der Waals surface area contributed by atoms with E-state index in [1.807, 2.05) is 19.1 Å². The highest BCUT2D eigenvalue weighted by Gasteiger charge is 2.38. The number of rotatable bonds is 6. The summed E-state index contributed by atoms with van der Waals surface area (Å²) in [5, 5.41) is 3.17. The van der Waals surface area contributed by atoms with E-state index in [4.69, 9.17) is 4.74 Å². The van der Waals surface area contributed by atoms with E-state index in [0.717, 1.165) is 12.0 Å². The zero-order chi connectivity index (χ0) is 21.1. The lowest BCUT2D eigenvalue weighted by molar-refractivity contribution is 0.377. The first-order chi connectivity index (χ1) is 14.5. The molecule has 1 aromatic carbocycles. The van der Waals surface area contributed by atoms with Gasteiger partial charge in [0.2, 0.25) is 10.0 Å². The average Bonchev–Trinajstić information content (AvgIpc) is 3.26. The molecule has 0 spiro atoms. The minimum atomic E-state index is -3.75. The zero-order valence-corrected chi connectivity index (χ0v) is 17.6. The van der Waals surface area contributed by atoms with Crippen molar-refractivity contribution in [3.63, 3.8) is 0 Å². The van der Waals surface area contributed by atoms with Gasteiger partial charge < -0.3 is 10.1 Å². The molecule has 8 nitrogen and oxygen atoms in total. The van der Waals surface area contributed by atoms with Gasteiger partial charge in [-0.3, -0.25) is 4.98 Å². The SMILES string of the molecule is COc1ccccc1S(=O)(=O)N1CCCC1c1cncc(Nc2ncccc2C)n1. The number of ether oxygens (including phenoxy) is 1. The van der Waals surface area contributed by atoms with Gasteiger partial charge in [-0.2, -0.15) is 4.31 Å². The van der Waals surface area contributed by atoms with Gasteiger partial charge >= 0.3 is 0 Å². The summed E-state index contributed by atoms with van der Waals surface area (Å²) in [5.74, 6) is 1.54. The number of hydrogen-bond acceptors (Lipinski definition) is 7. The minimum absolute atomic E-state index is 0.158. The largest absolute Gasteiger partial charge is 0.495 e. The predicted octanol–water partition coefficient (Wildman–Crippen LogP) is 3.46. The Balaban J connectivity index is 1.65. The van der Waals surface area contributed by atoms with Crippen LogP contribution in [0, 0.1) is 6.92 Å². The van der Waals surface area contributed by atoms with Crippen LogP contribution in [0.2, 0.25) is 0 Å². The molecule has 0 saturated carbocycles. The summed E-state index contributed by atoms with van der Waals surface area (Å²) in [5.41, 5.74) is 1.58. The van der Waals surface area contributed by atoms with Gasteiger partial charge in [0, 0.05) is 12.7 Å². The lowest BCUT2D eigenvalue weighted by Crippen LogP contribution is -2.31. The summed E-state index contributed by atoms with van der Waals surface area (Å²) in [4.78, 5) is 13.4. The molecule has 0 amide bonds. The van der Waals surface area contributed by atoms with E-state index in [1.165, 1.54) is 11.4 Å².